The van der Waals surface area contributed by atoms with Crippen molar-refractivity contribution in [2.24, 2.45) is 4.99 Å². The second-order valence-electron chi connectivity index (χ2n) is 3.55. The number of hydrogen-bond donors (Lipinski definition) is 2. The number of rotatable bonds is 3. The van der Waals surface area contributed by atoms with E-state index in [0.717, 1.165) is 29.2 Å². The molecule has 80 valence electrons. The van der Waals surface area contributed by atoms with Crippen LogP contribution in [0.1, 0.15) is 12.0 Å². The molecule has 0 bridgehead atoms. The summed E-state index contributed by atoms with van der Waals surface area (Å²) in [4.78, 5) is 4.42. The predicted octanol–water partition coefficient (Wildman–Crippen LogP) is 1.63. The number of nitrogens with one attached hydrogen (secondary N) is 1. The van der Waals surface area contributed by atoms with Gasteiger partial charge in [-0.05, 0) is 23.8 Å². The molecule has 0 saturated carbocycles. The summed E-state index contributed by atoms with van der Waals surface area (Å²) < 4.78 is 5.01. The molecule has 0 radical (unpaired) electrons. The monoisotopic (exact) mass is 205 g/mol. The Hall–Kier alpha value is -1.55. The van der Waals surface area contributed by atoms with Crippen molar-refractivity contribution in [2.45, 2.75) is 13.0 Å². The highest BCUT2D eigenvalue weighted by Crippen LogP contribution is 2.23. The molecule has 0 aliphatic carbocycles. The van der Waals surface area contributed by atoms with E-state index in [0.29, 0.717) is 13.2 Å². The lowest BCUT2D eigenvalue weighted by Crippen LogP contribution is -2.19. The Labute approximate surface area is 89.1 Å². The van der Waals surface area contributed by atoms with Crippen molar-refractivity contribution in [1.29, 1.82) is 0 Å². The van der Waals surface area contributed by atoms with Gasteiger partial charge in [0.1, 0.15) is 5.84 Å². The van der Waals surface area contributed by atoms with Gasteiger partial charge in [0.15, 0.2) is 0 Å². The van der Waals surface area contributed by atoms with Gasteiger partial charge < -0.3 is 15.8 Å². The third-order valence-electron chi connectivity index (χ3n) is 2.39. The number of benzene rings is 1. The van der Waals surface area contributed by atoms with Gasteiger partial charge in [-0.3, -0.25) is 4.99 Å². The van der Waals surface area contributed by atoms with E-state index in [4.69, 9.17) is 10.5 Å². The van der Waals surface area contributed by atoms with Crippen molar-refractivity contribution in [1.82, 2.24) is 0 Å². The van der Waals surface area contributed by atoms with Gasteiger partial charge in [-0.25, -0.2) is 0 Å². The molecular formula is C11H15N3O. The van der Waals surface area contributed by atoms with Crippen LogP contribution in [0.15, 0.2) is 23.2 Å². The molecule has 0 saturated heterocycles. The summed E-state index contributed by atoms with van der Waals surface area (Å²) in [5.74, 6) is 0.981. The van der Waals surface area contributed by atoms with E-state index in [1.54, 1.807) is 7.11 Å². The molecule has 1 aliphatic rings. The zero-order valence-electron chi connectivity index (χ0n) is 8.79. The lowest BCUT2D eigenvalue weighted by atomic mass is 10.1. The van der Waals surface area contributed by atoms with E-state index in [1.807, 2.05) is 18.2 Å². The van der Waals surface area contributed by atoms with Crippen LogP contribution in [0.4, 0.5) is 11.4 Å². The highest BCUT2D eigenvalue weighted by atomic mass is 16.5. The maximum Gasteiger partial charge on any atom is 0.103 e. The zero-order chi connectivity index (χ0) is 10.7. The van der Waals surface area contributed by atoms with Crippen molar-refractivity contribution in [2.75, 3.05) is 24.8 Å². The fraction of sp³-hybridized carbons (Fsp3) is 0.364. The summed E-state index contributed by atoms with van der Waals surface area (Å²) in [7, 11) is 1.69. The SMILES string of the molecule is COCCC1=NCc2cc(N)ccc2N1. The summed E-state index contributed by atoms with van der Waals surface area (Å²) in [6, 6.07) is 5.84. The fourth-order valence-electron chi connectivity index (χ4n) is 1.58. The first-order valence-corrected chi connectivity index (χ1v) is 4.97. The quantitative estimate of drug-likeness (QED) is 0.737. The van der Waals surface area contributed by atoms with Crippen molar-refractivity contribution in [3.05, 3.63) is 23.8 Å². The number of anilines is 2. The van der Waals surface area contributed by atoms with Crippen molar-refractivity contribution in [3.63, 3.8) is 0 Å². The first kappa shape index (κ1) is 9.98. The summed E-state index contributed by atoms with van der Waals surface area (Å²) in [5.41, 5.74) is 8.74. The Morgan fingerprint density at radius 2 is 2.40 bits per heavy atom. The zero-order valence-corrected chi connectivity index (χ0v) is 8.79. The third-order valence-corrected chi connectivity index (χ3v) is 2.39. The summed E-state index contributed by atoms with van der Waals surface area (Å²) in [5, 5.41) is 3.27. The largest absolute Gasteiger partial charge is 0.399 e. The van der Waals surface area contributed by atoms with E-state index in [9.17, 15) is 0 Å². The molecule has 15 heavy (non-hydrogen) atoms. The van der Waals surface area contributed by atoms with Gasteiger partial charge in [0.2, 0.25) is 0 Å². The Balaban J connectivity index is 2.09. The highest BCUT2D eigenvalue weighted by Gasteiger charge is 2.10. The average Bonchev–Trinajstić information content (AvgIpc) is 2.26. The molecule has 0 spiro atoms. The summed E-state index contributed by atoms with van der Waals surface area (Å²) >= 11 is 0. The van der Waals surface area contributed by atoms with E-state index in [1.165, 1.54) is 0 Å². The number of aliphatic imine (C=N–C) groups is 1. The number of nitrogens with two attached hydrogens (primary N) is 1. The predicted molar refractivity (Wildman–Crippen MR) is 62.1 cm³/mol. The van der Waals surface area contributed by atoms with Crippen LogP contribution in [0.3, 0.4) is 0 Å². The maximum absolute atomic E-state index is 5.70. The van der Waals surface area contributed by atoms with Crippen LogP contribution in [0.2, 0.25) is 0 Å². The van der Waals surface area contributed by atoms with Crippen LogP contribution in [0, 0.1) is 0 Å². The van der Waals surface area contributed by atoms with E-state index < -0.39 is 0 Å². The average molecular weight is 205 g/mol. The number of hydrogen-bond acceptors (Lipinski definition) is 4. The normalized spacial score (nSPS) is 14.1. The molecule has 0 aromatic heterocycles. The molecule has 0 atom stereocenters. The minimum Gasteiger partial charge on any atom is -0.399 e. The van der Waals surface area contributed by atoms with Crippen LogP contribution >= 0.6 is 0 Å². The van der Waals surface area contributed by atoms with Gasteiger partial charge in [-0.15, -0.1) is 0 Å². The number of methoxy groups -OCH3 is 1. The highest BCUT2D eigenvalue weighted by molar-refractivity contribution is 5.97. The second kappa shape index (κ2) is 4.31. The minimum atomic E-state index is 0.691. The number of amidine groups is 1. The molecule has 1 aliphatic heterocycles. The molecule has 0 fully saturated rings. The van der Waals surface area contributed by atoms with Crippen LogP contribution < -0.4 is 11.1 Å². The van der Waals surface area contributed by atoms with Gasteiger partial charge >= 0.3 is 0 Å². The van der Waals surface area contributed by atoms with Crippen molar-refractivity contribution >= 4 is 17.2 Å². The standard InChI is InChI=1S/C11H15N3O/c1-15-5-4-11-13-7-8-6-9(12)2-3-10(8)14-11/h2-3,6H,4-5,7,12H2,1H3,(H,13,14). The van der Waals surface area contributed by atoms with Gasteiger partial charge in [0.25, 0.3) is 0 Å². The van der Waals surface area contributed by atoms with Crippen LogP contribution in [0.5, 0.6) is 0 Å². The Kier molecular flexibility index (Phi) is 2.87. The van der Waals surface area contributed by atoms with Gasteiger partial charge in [0.05, 0.1) is 13.2 Å². The minimum absolute atomic E-state index is 0.691. The van der Waals surface area contributed by atoms with Crippen LogP contribution in [-0.4, -0.2) is 19.6 Å². The first-order valence-electron chi connectivity index (χ1n) is 4.97. The van der Waals surface area contributed by atoms with E-state index in [2.05, 4.69) is 10.3 Å². The van der Waals surface area contributed by atoms with E-state index >= 15 is 0 Å². The van der Waals surface area contributed by atoms with Crippen molar-refractivity contribution < 1.29 is 4.74 Å². The number of nitrogen functional groups attached to an aromatic ring is 1. The third kappa shape index (κ3) is 2.27. The van der Waals surface area contributed by atoms with Gasteiger partial charge in [-0.2, -0.15) is 0 Å². The van der Waals surface area contributed by atoms with Crippen LogP contribution in [0.25, 0.3) is 0 Å². The number of nitrogens with zero attached hydrogens (tertiary/aromatic N) is 1. The number of ether oxygens (including phenoxy) is 1. The topological polar surface area (TPSA) is 59.6 Å². The Bertz CT molecular complexity index is 387. The molecule has 1 aromatic rings. The maximum atomic E-state index is 5.70. The molecule has 3 N–H and O–H groups in total. The fourth-order valence-corrected chi connectivity index (χ4v) is 1.58. The molecule has 4 nitrogen and oxygen atoms in total. The lowest BCUT2D eigenvalue weighted by molar-refractivity contribution is 0.207. The molecule has 1 aromatic carbocycles. The summed E-state index contributed by atoms with van der Waals surface area (Å²) in [6.45, 7) is 1.39. The Morgan fingerprint density at radius 1 is 1.53 bits per heavy atom. The molecule has 0 amide bonds. The van der Waals surface area contributed by atoms with Crippen molar-refractivity contribution in [3.8, 4) is 0 Å². The Morgan fingerprint density at radius 3 is 3.20 bits per heavy atom. The number of fused-ring (bicyclic) bond motifs is 1. The smallest absolute Gasteiger partial charge is 0.103 e. The van der Waals surface area contributed by atoms with Gasteiger partial charge in [-0.1, -0.05) is 0 Å². The van der Waals surface area contributed by atoms with Crippen LogP contribution in [-0.2, 0) is 11.3 Å². The molecule has 2 rings (SSSR count). The molecular weight excluding hydrogens is 190 g/mol. The summed E-state index contributed by atoms with van der Waals surface area (Å²) in [6.07, 6.45) is 0.820. The molecule has 4 heteroatoms. The molecule has 1 heterocycles. The van der Waals surface area contributed by atoms with Gasteiger partial charge in [0, 0.05) is 24.9 Å². The second-order valence-corrected chi connectivity index (χ2v) is 3.55. The first-order chi connectivity index (χ1) is 7.29. The lowest BCUT2D eigenvalue weighted by Gasteiger charge is -2.18. The van der Waals surface area contributed by atoms with E-state index in [-0.39, 0.29) is 0 Å². The molecule has 0 unspecified atom stereocenters.